The van der Waals surface area contributed by atoms with Gasteiger partial charge in [-0.3, -0.25) is 0 Å². The van der Waals surface area contributed by atoms with E-state index in [4.69, 9.17) is 16.3 Å². The number of alkyl carbamates (subject to hydrolysis) is 1. The van der Waals surface area contributed by atoms with Gasteiger partial charge in [0.2, 0.25) is 0 Å². The van der Waals surface area contributed by atoms with E-state index < -0.39 is 11.9 Å². The van der Waals surface area contributed by atoms with E-state index >= 15 is 0 Å². The number of rotatable bonds is 1. The fraction of sp³-hybridized carbons (Fsp3) is 0.222. The van der Waals surface area contributed by atoms with Crippen LogP contribution >= 0.6 is 24.0 Å². The van der Waals surface area contributed by atoms with Gasteiger partial charge in [0.05, 0.1) is 6.04 Å². The second-order valence-corrected chi connectivity index (χ2v) is 3.37. The summed E-state index contributed by atoms with van der Waals surface area (Å²) in [6, 6.07) is 3.76. The van der Waals surface area contributed by atoms with Gasteiger partial charge in [-0.1, -0.05) is 17.7 Å². The quantitative estimate of drug-likeness (QED) is 0.834. The molecule has 1 aliphatic heterocycles. The maximum absolute atomic E-state index is 12.7. The Kier molecular flexibility index (Phi) is 3.77. The molecule has 0 radical (unpaired) electrons. The Labute approximate surface area is 97.0 Å². The molecule has 0 aliphatic carbocycles. The molecule has 3 nitrogen and oxygen atoms in total. The van der Waals surface area contributed by atoms with Crippen molar-refractivity contribution in [3.63, 3.8) is 0 Å². The van der Waals surface area contributed by atoms with E-state index in [0.717, 1.165) is 0 Å². The van der Waals surface area contributed by atoms with Crippen LogP contribution in [0.5, 0.6) is 0 Å². The van der Waals surface area contributed by atoms with E-state index in [0.29, 0.717) is 10.6 Å². The maximum Gasteiger partial charge on any atom is 0.407 e. The smallest absolute Gasteiger partial charge is 0.407 e. The minimum atomic E-state index is -0.476. The van der Waals surface area contributed by atoms with Crippen LogP contribution in [-0.2, 0) is 4.74 Å². The monoisotopic (exact) mass is 251 g/mol. The van der Waals surface area contributed by atoms with Crippen molar-refractivity contribution in [3.05, 3.63) is 34.6 Å². The number of amides is 1. The molecule has 1 atom stereocenters. The van der Waals surface area contributed by atoms with Crippen molar-refractivity contribution in [2.75, 3.05) is 6.61 Å². The number of hydrogen-bond donors (Lipinski definition) is 1. The average Bonchev–Trinajstić information content (AvgIpc) is 2.51. The van der Waals surface area contributed by atoms with E-state index in [-0.39, 0.29) is 25.1 Å². The van der Waals surface area contributed by atoms with Crippen LogP contribution in [0.4, 0.5) is 9.18 Å². The molecule has 2 rings (SSSR count). The number of ether oxygens (including phenoxy) is 1. The summed E-state index contributed by atoms with van der Waals surface area (Å²) in [5, 5.41) is 2.85. The summed E-state index contributed by atoms with van der Waals surface area (Å²) in [5.41, 5.74) is 0.666. The number of cyclic esters (lactones) is 1. The number of benzene rings is 1. The minimum Gasteiger partial charge on any atom is -0.447 e. The van der Waals surface area contributed by atoms with Crippen LogP contribution in [0, 0.1) is 5.82 Å². The van der Waals surface area contributed by atoms with Crippen LogP contribution in [-0.4, -0.2) is 12.7 Å². The van der Waals surface area contributed by atoms with Gasteiger partial charge in [-0.05, 0) is 17.7 Å². The summed E-state index contributed by atoms with van der Waals surface area (Å²) in [6.07, 6.45) is -0.476. The van der Waals surface area contributed by atoms with E-state index in [2.05, 4.69) is 5.32 Å². The second kappa shape index (κ2) is 4.68. The Bertz CT molecular complexity index is 386. The van der Waals surface area contributed by atoms with Gasteiger partial charge in [0.25, 0.3) is 0 Å². The summed E-state index contributed by atoms with van der Waals surface area (Å²) >= 11 is 5.81. The third kappa shape index (κ3) is 2.52. The molecule has 1 aromatic carbocycles. The molecule has 1 aromatic rings. The fourth-order valence-corrected chi connectivity index (χ4v) is 1.64. The Morgan fingerprint density at radius 3 is 2.80 bits per heavy atom. The summed E-state index contributed by atoms with van der Waals surface area (Å²) in [6.45, 7) is 0.226. The summed E-state index contributed by atoms with van der Waals surface area (Å²) in [4.78, 5) is 10.8. The molecule has 0 spiro atoms. The highest BCUT2D eigenvalue weighted by atomic mass is 35.5. The first-order chi connectivity index (χ1) is 6.66. The first-order valence-corrected chi connectivity index (χ1v) is 4.43. The molecule has 0 aromatic heterocycles. The maximum atomic E-state index is 12.7. The van der Waals surface area contributed by atoms with Crippen molar-refractivity contribution in [3.8, 4) is 0 Å². The largest absolute Gasteiger partial charge is 0.447 e. The number of nitrogens with one attached hydrogen (secondary N) is 1. The number of halogens is 3. The normalized spacial score (nSPS) is 19.1. The molecule has 1 amide bonds. The third-order valence-corrected chi connectivity index (χ3v) is 2.34. The summed E-state index contributed by atoms with van der Waals surface area (Å²) in [5.74, 6) is -0.399. The lowest BCUT2D eigenvalue weighted by molar-refractivity contribution is 0.177. The van der Waals surface area contributed by atoms with Crippen molar-refractivity contribution >= 4 is 30.1 Å². The van der Waals surface area contributed by atoms with Crippen LogP contribution in [0.25, 0.3) is 0 Å². The van der Waals surface area contributed by atoms with E-state index in [9.17, 15) is 9.18 Å². The molecule has 0 saturated carbocycles. The molecule has 1 aliphatic rings. The third-order valence-electron chi connectivity index (χ3n) is 2.01. The lowest BCUT2D eigenvalue weighted by Gasteiger charge is -2.09. The van der Waals surface area contributed by atoms with Crippen LogP contribution in [0.1, 0.15) is 11.6 Å². The molecule has 0 unspecified atom stereocenters. The van der Waals surface area contributed by atoms with Crippen LogP contribution in [0.2, 0.25) is 5.02 Å². The molecule has 1 heterocycles. The number of carbonyl (C=O) groups excluding carboxylic acids is 1. The van der Waals surface area contributed by atoms with Gasteiger partial charge in [0.1, 0.15) is 12.4 Å². The van der Waals surface area contributed by atoms with Gasteiger partial charge < -0.3 is 10.1 Å². The molecule has 82 valence electrons. The Hall–Kier alpha value is -1.00. The van der Waals surface area contributed by atoms with E-state index in [1.54, 1.807) is 0 Å². The molecular formula is C9H8Cl2FNO2. The van der Waals surface area contributed by atoms with Gasteiger partial charge in [0, 0.05) is 5.02 Å². The SMILES string of the molecule is Cl.O=C1N[C@@H](c2ccc(F)cc2Cl)CO1. The Balaban J connectivity index is 0.00000112. The van der Waals surface area contributed by atoms with Gasteiger partial charge in [-0.25, -0.2) is 9.18 Å². The van der Waals surface area contributed by atoms with Crippen LogP contribution < -0.4 is 5.32 Å². The predicted octanol–water partition coefficient (Wildman–Crippen LogP) is 2.68. The molecule has 1 saturated heterocycles. The lowest BCUT2D eigenvalue weighted by atomic mass is 10.1. The van der Waals surface area contributed by atoms with Crippen molar-refractivity contribution in [1.82, 2.24) is 5.32 Å². The molecule has 15 heavy (non-hydrogen) atoms. The van der Waals surface area contributed by atoms with Crippen molar-refractivity contribution in [1.29, 1.82) is 0 Å². The highest BCUT2D eigenvalue weighted by molar-refractivity contribution is 6.31. The zero-order valence-corrected chi connectivity index (χ0v) is 9.07. The standard InChI is InChI=1S/C9H7ClFNO2.ClH/c10-7-3-5(11)1-2-6(7)8-4-14-9(13)12-8;/h1-3,8H,4H2,(H,12,13);1H/t8-;/m1./s1. The van der Waals surface area contributed by atoms with Crippen LogP contribution in [0.3, 0.4) is 0 Å². The van der Waals surface area contributed by atoms with E-state index in [1.165, 1.54) is 18.2 Å². The topological polar surface area (TPSA) is 38.3 Å². The highest BCUT2D eigenvalue weighted by Gasteiger charge is 2.25. The van der Waals surface area contributed by atoms with Gasteiger partial charge in [-0.15, -0.1) is 12.4 Å². The predicted molar refractivity (Wildman–Crippen MR) is 55.9 cm³/mol. The highest BCUT2D eigenvalue weighted by Crippen LogP contribution is 2.26. The van der Waals surface area contributed by atoms with Crippen molar-refractivity contribution < 1.29 is 13.9 Å². The first kappa shape index (κ1) is 12.1. The molecule has 0 bridgehead atoms. The Morgan fingerprint density at radius 2 is 2.27 bits per heavy atom. The number of hydrogen-bond acceptors (Lipinski definition) is 2. The molecule has 6 heteroatoms. The lowest BCUT2D eigenvalue weighted by Crippen LogP contribution is -2.18. The van der Waals surface area contributed by atoms with Crippen molar-refractivity contribution in [2.24, 2.45) is 0 Å². The second-order valence-electron chi connectivity index (χ2n) is 2.96. The first-order valence-electron chi connectivity index (χ1n) is 4.05. The van der Waals surface area contributed by atoms with Crippen LogP contribution in [0.15, 0.2) is 18.2 Å². The van der Waals surface area contributed by atoms with Crippen molar-refractivity contribution in [2.45, 2.75) is 6.04 Å². The van der Waals surface area contributed by atoms with Gasteiger partial charge >= 0.3 is 6.09 Å². The Morgan fingerprint density at radius 1 is 1.53 bits per heavy atom. The molecule has 1 fully saturated rings. The minimum absolute atomic E-state index is 0. The zero-order chi connectivity index (χ0) is 10.1. The average molecular weight is 252 g/mol. The van der Waals surface area contributed by atoms with Gasteiger partial charge in [0.15, 0.2) is 0 Å². The van der Waals surface area contributed by atoms with Gasteiger partial charge in [-0.2, -0.15) is 0 Å². The number of carbonyl (C=O) groups is 1. The fourth-order valence-electron chi connectivity index (χ4n) is 1.34. The molecular weight excluding hydrogens is 244 g/mol. The summed E-state index contributed by atoms with van der Waals surface area (Å²) < 4.78 is 17.4. The van der Waals surface area contributed by atoms with E-state index in [1.807, 2.05) is 0 Å². The summed E-state index contributed by atoms with van der Waals surface area (Å²) in [7, 11) is 0. The zero-order valence-electron chi connectivity index (χ0n) is 7.50. The molecule has 1 N–H and O–H groups in total.